The van der Waals surface area contributed by atoms with Crippen LogP contribution in [-0.2, 0) is 0 Å². The highest BCUT2D eigenvalue weighted by Gasteiger charge is 2.21. The second-order valence-electron chi connectivity index (χ2n) is 8.36. The van der Waals surface area contributed by atoms with Gasteiger partial charge in [0.15, 0.2) is 0 Å². The summed E-state index contributed by atoms with van der Waals surface area (Å²) in [5.41, 5.74) is 3.23. The van der Waals surface area contributed by atoms with Crippen LogP contribution in [-0.4, -0.2) is 18.0 Å². The number of nitrogens with zero attached hydrogens (tertiary/aromatic N) is 2. The Labute approximate surface area is 165 Å². The lowest BCUT2D eigenvalue weighted by Gasteiger charge is -2.20. The Balaban J connectivity index is 1.91. The van der Waals surface area contributed by atoms with Crippen LogP contribution in [0.15, 0.2) is 79.1 Å². The molecule has 0 N–H and O–H groups in total. The first kappa shape index (κ1) is 17.1. The lowest BCUT2D eigenvalue weighted by Crippen LogP contribution is -2.38. The average Bonchev–Trinajstić information content (AvgIpc) is 2.71. The Bertz CT molecular complexity index is 1340. The quantitative estimate of drug-likeness (QED) is 0.272. The first-order chi connectivity index (χ1) is 13.5. The Morgan fingerprint density at radius 2 is 1.39 bits per heavy atom. The van der Waals surface area contributed by atoms with Crippen molar-refractivity contribution in [1.29, 1.82) is 0 Å². The molecule has 0 saturated carbocycles. The number of hydrogen-bond acceptors (Lipinski definition) is 2. The van der Waals surface area contributed by atoms with Crippen LogP contribution in [0.3, 0.4) is 0 Å². The van der Waals surface area contributed by atoms with E-state index in [2.05, 4.69) is 92.4 Å². The van der Waals surface area contributed by atoms with Crippen molar-refractivity contribution in [3.63, 3.8) is 0 Å². The van der Waals surface area contributed by atoms with E-state index in [1.54, 1.807) is 6.33 Å². The largest absolute Gasteiger partial charge is 0.236 e. The molecule has 0 aliphatic carbocycles. The van der Waals surface area contributed by atoms with Gasteiger partial charge in [0, 0.05) is 16.3 Å². The molecule has 0 bridgehead atoms. The fourth-order valence-electron chi connectivity index (χ4n) is 4.17. The Morgan fingerprint density at radius 3 is 2.25 bits per heavy atom. The van der Waals surface area contributed by atoms with E-state index in [9.17, 15) is 0 Å². The molecule has 1 aromatic heterocycles. The fraction of sp³-hybridized carbons (Fsp3) is 0.120. The lowest BCUT2D eigenvalue weighted by atomic mass is 9.98. The van der Waals surface area contributed by atoms with E-state index in [1.807, 2.05) is 0 Å². The van der Waals surface area contributed by atoms with Crippen molar-refractivity contribution in [3.8, 4) is 11.3 Å². The van der Waals surface area contributed by atoms with Crippen molar-refractivity contribution in [3.05, 3.63) is 79.1 Å². The maximum absolute atomic E-state index is 4.76. The summed E-state index contributed by atoms with van der Waals surface area (Å²) in [5, 5.41) is 7.59. The van der Waals surface area contributed by atoms with Gasteiger partial charge in [-0.1, -0.05) is 91.6 Å². The molecule has 1 heterocycles. The van der Waals surface area contributed by atoms with Crippen LogP contribution in [0, 0.1) is 0 Å². The molecule has 136 valence electrons. The Hall–Kier alpha value is -3.04. The van der Waals surface area contributed by atoms with E-state index in [0.29, 0.717) is 0 Å². The minimum atomic E-state index is -1.52. The zero-order valence-corrected chi connectivity index (χ0v) is 17.4. The second kappa shape index (κ2) is 6.25. The summed E-state index contributed by atoms with van der Waals surface area (Å²) in [5.74, 6) is 0. The first-order valence-electron chi connectivity index (χ1n) is 9.69. The van der Waals surface area contributed by atoms with Crippen molar-refractivity contribution < 1.29 is 0 Å². The van der Waals surface area contributed by atoms with Crippen LogP contribution < -0.4 is 5.19 Å². The third-order valence-electron chi connectivity index (χ3n) is 5.50. The van der Waals surface area contributed by atoms with Gasteiger partial charge in [0.05, 0.1) is 19.3 Å². The van der Waals surface area contributed by atoms with E-state index in [-0.39, 0.29) is 0 Å². The maximum atomic E-state index is 4.76. The maximum Gasteiger partial charge on any atom is 0.116 e. The highest BCUT2D eigenvalue weighted by molar-refractivity contribution is 6.90. The molecule has 5 rings (SSSR count). The van der Waals surface area contributed by atoms with Gasteiger partial charge in [0.25, 0.3) is 0 Å². The van der Waals surface area contributed by atoms with Gasteiger partial charge in [0.1, 0.15) is 6.33 Å². The predicted molar refractivity (Wildman–Crippen MR) is 123 cm³/mol. The SMILES string of the molecule is C[Si](C)(C)c1cccc2ccc3c(-c4cccc5ccccc45)ncnc3c12. The summed E-state index contributed by atoms with van der Waals surface area (Å²) in [6.07, 6.45) is 1.72. The van der Waals surface area contributed by atoms with E-state index in [0.717, 1.165) is 22.2 Å². The zero-order chi connectivity index (χ0) is 19.3. The summed E-state index contributed by atoms with van der Waals surface area (Å²) in [4.78, 5) is 9.49. The minimum Gasteiger partial charge on any atom is -0.236 e. The van der Waals surface area contributed by atoms with Crippen LogP contribution in [0.5, 0.6) is 0 Å². The van der Waals surface area contributed by atoms with Crippen molar-refractivity contribution in [2.45, 2.75) is 19.6 Å². The fourth-order valence-corrected chi connectivity index (χ4v) is 5.78. The summed E-state index contributed by atoms with van der Waals surface area (Å²) in [6.45, 7) is 7.19. The topological polar surface area (TPSA) is 25.8 Å². The molecule has 4 aromatic carbocycles. The van der Waals surface area contributed by atoms with E-state index >= 15 is 0 Å². The Morgan fingerprint density at radius 1 is 0.643 bits per heavy atom. The number of rotatable bonds is 2. The normalized spacial score (nSPS) is 12.1. The summed E-state index contributed by atoms with van der Waals surface area (Å²) in [7, 11) is -1.52. The van der Waals surface area contributed by atoms with Crippen molar-refractivity contribution in [2.75, 3.05) is 0 Å². The molecule has 5 aromatic rings. The van der Waals surface area contributed by atoms with Crippen molar-refractivity contribution in [1.82, 2.24) is 9.97 Å². The lowest BCUT2D eigenvalue weighted by molar-refractivity contribution is 1.23. The van der Waals surface area contributed by atoms with Crippen LogP contribution in [0.4, 0.5) is 0 Å². The number of aromatic nitrogens is 2. The molecule has 0 radical (unpaired) electrons. The minimum absolute atomic E-state index is 1.01. The monoisotopic (exact) mass is 378 g/mol. The summed E-state index contributed by atoms with van der Waals surface area (Å²) < 4.78 is 0. The van der Waals surface area contributed by atoms with E-state index < -0.39 is 8.07 Å². The predicted octanol–water partition coefficient (Wildman–Crippen LogP) is 6.15. The van der Waals surface area contributed by atoms with Gasteiger partial charge in [-0.05, 0) is 22.2 Å². The molecule has 2 nitrogen and oxygen atoms in total. The van der Waals surface area contributed by atoms with Gasteiger partial charge in [-0.3, -0.25) is 0 Å². The third kappa shape index (κ3) is 2.62. The van der Waals surface area contributed by atoms with Crippen molar-refractivity contribution >= 4 is 45.7 Å². The van der Waals surface area contributed by atoms with Gasteiger partial charge in [-0.15, -0.1) is 0 Å². The molecule has 0 saturated heterocycles. The highest BCUT2D eigenvalue weighted by Crippen LogP contribution is 2.34. The molecule has 0 aliphatic rings. The highest BCUT2D eigenvalue weighted by atomic mass is 28.3. The van der Waals surface area contributed by atoms with Gasteiger partial charge in [-0.2, -0.15) is 0 Å². The summed E-state index contributed by atoms with van der Waals surface area (Å²) in [6, 6.07) is 26.0. The molecular weight excluding hydrogens is 356 g/mol. The smallest absolute Gasteiger partial charge is 0.116 e. The van der Waals surface area contributed by atoms with Crippen LogP contribution in [0.2, 0.25) is 19.6 Å². The van der Waals surface area contributed by atoms with E-state index in [4.69, 9.17) is 9.97 Å². The second-order valence-corrected chi connectivity index (χ2v) is 13.4. The van der Waals surface area contributed by atoms with Crippen LogP contribution >= 0.6 is 0 Å². The molecule has 0 fully saturated rings. The molecule has 0 spiro atoms. The van der Waals surface area contributed by atoms with Gasteiger partial charge >= 0.3 is 0 Å². The zero-order valence-electron chi connectivity index (χ0n) is 16.4. The van der Waals surface area contributed by atoms with Gasteiger partial charge in [-0.25, -0.2) is 9.97 Å². The molecular formula is C25H22N2Si. The molecule has 28 heavy (non-hydrogen) atoms. The first-order valence-corrected chi connectivity index (χ1v) is 13.2. The third-order valence-corrected chi connectivity index (χ3v) is 7.53. The van der Waals surface area contributed by atoms with Gasteiger partial charge in [0.2, 0.25) is 0 Å². The van der Waals surface area contributed by atoms with E-state index in [1.165, 1.54) is 26.7 Å². The number of hydrogen-bond donors (Lipinski definition) is 0. The standard InChI is InChI=1S/C25H22N2Si/c1-28(2,3)22-13-7-10-18-14-15-21-24(26-16-27-25(21)23(18)22)20-12-6-9-17-8-4-5-11-19(17)20/h4-16H,1-3H3. The summed E-state index contributed by atoms with van der Waals surface area (Å²) >= 11 is 0. The molecule has 0 aliphatic heterocycles. The molecule has 3 heteroatoms. The Kier molecular flexibility index (Phi) is 3.81. The number of benzene rings is 4. The molecule has 0 atom stereocenters. The number of fused-ring (bicyclic) bond motifs is 4. The van der Waals surface area contributed by atoms with Crippen LogP contribution in [0.25, 0.3) is 43.7 Å². The molecule has 0 unspecified atom stereocenters. The average molecular weight is 379 g/mol. The molecule has 0 amide bonds. The van der Waals surface area contributed by atoms with Crippen LogP contribution in [0.1, 0.15) is 0 Å². The van der Waals surface area contributed by atoms with Gasteiger partial charge < -0.3 is 0 Å². The van der Waals surface area contributed by atoms with Crippen molar-refractivity contribution in [2.24, 2.45) is 0 Å².